The van der Waals surface area contributed by atoms with E-state index in [1.54, 1.807) is 108 Å². The van der Waals surface area contributed by atoms with E-state index >= 15 is 4.39 Å². The molecule has 6 aliphatic carbocycles. The maximum Gasteiger partial charge on any atom is 0.165 e. The minimum absolute atomic E-state index is 0.0384. The molecule has 6 fully saturated rings. The van der Waals surface area contributed by atoms with E-state index in [2.05, 4.69) is 15.3 Å². The van der Waals surface area contributed by atoms with E-state index in [0.717, 1.165) is 138 Å². The van der Waals surface area contributed by atoms with Gasteiger partial charge in [0.25, 0.3) is 0 Å². The lowest BCUT2D eigenvalue weighted by Crippen LogP contribution is -2.49. The van der Waals surface area contributed by atoms with Crippen LogP contribution in [0.5, 0.6) is 0 Å². The highest BCUT2D eigenvalue weighted by Crippen LogP contribution is 2.65. The summed E-state index contributed by atoms with van der Waals surface area (Å²) in [6.07, 6.45) is 19.5. The van der Waals surface area contributed by atoms with E-state index in [1.807, 2.05) is 121 Å². The Morgan fingerprint density at radius 1 is 0.366 bits per heavy atom. The smallest absolute Gasteiger partial charge is 0.165 e. The summed E-state index contributed by atoms with van der Waals surface area (Å²) in [5, 5.41) is 17.4. The molecule has 0 radical (unpaired) electrons. The maximum absolute atomic E-state index is 15.1. The van der Waals surface area contributed by atoms with Crippen LogP contribution in [0.2, 0.25) is 15.1 Å². The zero-order valence-electron chi connectivity index (χ0n) is 62.9. The molecule has 0 bridgehead atoms. The van der Waals surface area contributed by atoms with Crippen molar-refractivity contribution in [3.63, 3.8) is 0 Å². The van der Waals surface area contributed by atoms with Gasteiger partial charge in [0.2, 0.25) is 0 Å². The molecule has 6 saturated carbocycles. The summed E-state index contributed by atoms with van der Waals surface area (Å²) in [5.74, 6) is 2.10. The zero-order valence-corrected chi connectivity index (χ0v) is 65.1. The van der Waals surface area contributed by atoms with Gasteiger partial charge < -0.3 is 4.79 Å². The summed E-state index contributed by atoms with van der Waals surface area (Å²) in [4.78, 5) is 75.0. The normalized spacial score (nSPS) is 22.5. The highest BCUT2D eigenvalue weighted by atomic mass is 35.5. The number of benzene rings is 9. The fourth-order valence-corrected chi connectivity index (χ4v) is 20.6. The molecule has 0 unspecified atom stereocenters. The number of aromatic nitrogens is 6. The third kappa shape index (κ3) is 16.0. The van der Waals surface area contributed by atoms with Crippen molar-refractivity contribution in [2.24, 2.45) is 51.8 Å². The summed E-state index contributed by atoms with van der Waals surface area (Å²) in [6, 6.07) is 54.9. The van der Waals surface area contributed by atoms with Gasteiger partial charge in [-0.1, -0.05) is 162 Å². The molecular weight excluding hydrogens is 1470 g/mol. The van der Waals surface area contributed by atoms with Crippen LogP contribution in [-0.2, 0) is 34.0 Å². The van der Waals surface area contributed by atoms with E-state index in [1.165, 1.54) is 6.07 Å². The van der Waals surface area contributed by atoms with Crippen LogP contribution in [0.15, 0.2) is 201 Å². The Morgan fingerprint density at radius 3 is 1.04 bits per heavy atom. The molecule has 9 aromatic carbocycles. The number of hydrogen-bond donors (Lipinski definition) is 0. The van der Waals surface area contributed by atoms with Gasteiger partial charge in [-0.15, -0.1) is 0 Å². The van der Waals surface area contributed by atoms with E-state index in [9.17, 15) is 37.5 Å². The van der Waals surface area contributed by atoms with Gasteiger partial charge in [0.15, 0.2) is 17.3 Å². The molecular formula is C94H86Cl3F3N6O6. The number of hydrogen-bond acceptors (Lipinski definition) is 9. The first-order chi connectivity index (χ1) is 53.9. The van der Waals surface area contributed by atoms with Crippen molar-refractivity contribution in [2.75, 3.05) is 0 Å². The zero-order chi connectivity index (χ0) is 77.9. The van der Waals surface area contributed by atoms with Gasteiger partial charge in [0.05, 0.1) is 54.8 Å². The Kier molecular flexibility index (Phi) is 21.2. The Hall–Kier alpha value is -9.93. The number of rotatable bonds is 22. The number of carbonyl (C=O) groups excluding carboxylic acids is 6. The summed E-state index contributed by atoms with van der Waals surface area (Å²) in [6.45, 7) is 5.92. The average Bonchev–Trinajstić information content (AvgIpc) is 0.978. The van der Waals surface area contributed by atoms with Gasteiger partial charge in [-0.05, 0) is 226 Å². The molecule has 0 atom stereocenters. The van der Waals surface area contributed by atoms with Crippen molar-refractivity contribution in [2.45, 2.75) is 143 Å². The second-order valence-electron chi connectivity index (χ2n) is 33.4. The topological polar surface area (TPSA) is 156 Å². The van der Waals surface area contributed by atoms with Gasteiger partial charge in [0.1, 0.15) is 34.8 Å². The second kappa shape index (κ2) is 31.2. The average molecular weight is 1560 g/mol. The van der Waals surface area contributed by atoms with Gasteiger partial charge in [0, 0.05) is 102 Å². The largest absolute Gasteiger partial charge is 0.300 e. The van der Waals surface area contributed by atoms with Crippen LogP contribution in [0.1, 0.15) is 171 Å². The van der Waals surface area contributed by atoms with Crippen LogP contribution in [0, 0.1) is 69.2 Å². The molecule has 0 aliphatic heterocycles. The Morgan fingerprint density at radius 2 is 0.705 bits per heavy atom. The molecule has 3 aromatic heterocycles. The molecule has 0 N–H and O–H groups in total. The minimum atomic E-state index is -0.309. The molecule has 0 amide bonds. The first-order valence-electron chi connectivity index (χ1n) is 39.0. The first kappa shape index (κ1) is 76.1. The highest BCUT2D eigenvalue weighted by molar-refractivity contribution is 6.33. The van der Waals surface area contributed by atoms with E-state index in [4.69, 9.17) is 34.8 Å². The summed E-state index contributed by atoms with van der Waals surface area (Å²) >= 11 is 19.1. The Balaban J connectivity index is 0.000000127. The van der Waals surface area contributed by atoms with E-state index in [-0.39, 0.29) is 81.4 Å². The molecule has 6 aliphatic rings. The molecule has 18 rings (SSSR count). The third-order valence-corrected chi connectivity index (χ3v) is 25.7. The van der Waals surface area contributed by atoms with Crippen molar-refractivity contribution < 1.29 is 41.9 Å². The SMILES string of the molecule is CC(=O)C1CC2(CC(CC(=O)c3cc(Cl)cc4cnn(Cc5ccc(-c6ccccc6)c(F)c5)c34)C2)C1.CC(=O)C1CC2(CC(CC(=O)c3cc(Cl)cc4cnn(Cc5ccc(-c6ccccc6)cc5F)c34)C2)C1.CC(=O)CC1CC2(C1)CC(CC(=O)c1cc(Cl)cc3cnn(Cc4ccc(-c5ccccc5)c(F)c4)c13)C2. The van der Waals surface area contributed by atoms with Crippen LogP contribution in [0.25, 0.3) is 66.1 Å². The number of fused-ring (bicyclic) bond motifs is 3. The van der Waals surface area contributed by atoms with E-state index < -0.39 is 0 Å². The van der Waals surface area contributed by atoms with Crippen LogP contribution in [0.3, 0.4) is 0 Å². The van der Waals surface area contributed by atoms with Crippen molar-refractivity contribution in [1.82, 2.24) is 29.3 Å². The first-order valence-corrected chi connectivity index (χ1v) is 40.1. The van der Waals surface area contributed by atoms with Crippen molar-refractivity contribution in [3.8, 4) is 33.4 Å². The second-order valence-corrected chi connectivity index (χ2v) is 34.7. The fraction of sp³-hybridized carbons (Fsp3) is 0.330. The van der Waals surface area contributed by atoms with Crippen molar-refractivity contribution in [3.05, 3.63) is 266 Å². The molecule has 12 nitrogen and oxygen atoms in total. The third-order valence-electron chi connectivity index (χ3n) is 25.0. The standard InChI is InChI=1S/C32H30ClFN2O2.2C31H28ClFN2O2/c1-20(37)9-22-14-32(15-22)16-23(17-32)11-30(38)28-13-26(33)12-25-18-35-36(31(25)28)19-21-7-8-27(29(34)10-21)24-5-3-2-4-6-24;1-19(36)25-15-31(16-25)13-20(14-31)9-29(37)27-12-26(32)10-24-17-34-35(30(24)27)18-23-8-7-22(11-28(23)33)21-5-3-2-4-6-21;1-19(36)24-15-31(16-24)13-21(14-31)10-29(37)27-12-25(32)11-23-17-34-35(30(23)27)18-20-7-8-26(28(33)9-20)22-5-3-2-4-6-22/h2-8,10,12-13,18,22-23H,9,11,14-17,19H2,1H3;2-8,10-12,17,20,25H,9,13-16,18H2,1H3;2-9,11-12,17,21,24H,10,13-16,18H2,1H3. The molecule has 3 spiro atoms. The van der Waals surface area contributed by atoms with Crippen LogP contribution in [-0.4, -0.2) is 64.0 Å². The number of carbonyl (C=O) groups is 6. The monoisotopic (exact) mass is 1560 g/mol. The summed E-state index contributed by atoms with van der Waals surface area (Å²) in [5.41, 5.74) is 11.3. The summed E-state index contributed by atoms with van der Waals surface area (Å²) in [7, 11) is 0. The number of Topliss-reactive ketones (excluding diaryl/α,β-unsaturated/α-hetero) is 6. The molecule has 0 saturated heterocycles. The van der Waals surface area contributed by atoms with Gasteiger partial charge in [-0.2, -0.15) is 15.3 Å². The molecule has 3 heterocycles. The van der Waals surface area contributed by atoms with Gasteiger partial charge in [-0.25, -0.2) is 13.2 Å². The van der Waals surface area contributed by atoms with Gasteiger partial charge >= 0.3 is 0 Å². The number of halogens is 6. The lowest BCUT2D eigenvalue weighted by molar-refractivity contribution is -0.136. The number of nitrogens with zero attached hydrogens (tertiary/aromatic N) is 6. The maximum atomic E-state index is 15.1. The lowest BCUT2D eigenvalue weighted by atomic mass is 9.47. The van der Waals surface area contributed by atoms with Crippen LogP contribution in [0.4, 0.5) is 13.2 Å². The Bertz CT molecular complexity index is 5660. The molecule has 12 aromatic rings. The van der Waals surface area contributed by atoms with Crippen LogP contribution >= 0.6 is 34.8 Å². The predicted molar refractivity (Wildman–Crippen MR) is 434 cm³/mol. The minimum Gasteiger partial charge on any atom is -0.300 e. The van der Waals surface area contributed by atoms with E-state index in [0.29, 0.717) is 122 Å². The molecule has 570 valence electrons. The quantitative estimate of drug-likeness (QED) is 0.0603. The van der Waals surface area contributed by atoms with Crippen molar-refractivity contribution in [1.29, 1.82) is 0 Å². The fourth-order valence-electron chi connectivity index (χ4n) is 19.9. The number of ketones is 6. The summed E-state index contributed by atoms with van der Waals surface area (Å²) < 4.78 is 50.3. The lowest BCUT2D eigenvalue weighted by Gasteiger charge is -2.58. The predicted octanol–water partition coefficient (Wildman–Crippen LogP) is 22.9. The molecule has 18 heteroatoms. The Labute approximate surface area is 664 Å². The van der Waals surface area contributed by atoms with Crippen LogP contribution < -0.4 is 0 Å². The van der Waals surface area contributed by atoms with Crippen molar-refractivity contribution >= 4 is 102 Å². The molecule has 112 heavy (non-hydrogen) atoms. The van der Waals surface area contributed by atoms with Gasteiger partial charge in [-0.3, -0.25) is 38.0 Å². The highest BCUT2D eigenvalue weighted by Gasteiger charge is 2.56.